The van der Waals surface area contributed by atoms with E-state index in [1.807, 2.05) is 19.1 Å². The van der Waals surface area contributed by atoms with E-state index >= 15 is 0 Å². The molecule has 2 amide bonds. The maximum Gasteiger partial charge on any atom is 0.314 e. The molecule has 0 fully saturated rings. The maximum atomic E-state index is 11.9. The standard InChI is InChI=1S/C15H14ClN3O2/c1-2-10-6-3-4-7-11(10)18-14(20)15(21)19-12-8-5-9-17-13(12)16/h3-9H,2H2,1H3,(H,18,20)(H,19,21). The molecule has 0 aliphatic rings. The predicted octanol–water partition coefficient (Wildman–Crippen LogP) is 2.87. The van der Waals surface area contributed by atoms with E-state index in [4.69, 9.17) is 11.6 Å². The van der Waals surface area contributed by atoms with Crippen LogP contribution in [0, 0.1) is 0 Å². The van der Waals surface area contributed by atoms with Crippen molar-refractivity contribution in [3.05, 3.63) is 53.3 Å². The normalized spacial score (nSPS) is 10.0. The van der Waals surface area contributed by atoms with Gasteiger partial charge in [0, 0.05) is 11.9 Å². The third-order valence-electron chi connectivity index (χ3n) is 2.86. The molecule has 2 aromatic rings. The van der Waals surface area contributed by atoms with E-state index in [9.17, 15) is 9.59 Å². The first kappa shape index (κ1) is 15.0. The molecule has 0 radical (unpaired) electrons. The first-order valence-corrected chi connectivity index (χ1v) is 6.80. The van der Waals surface area contributed by atoms with Crippen molar-refractivity contribution in [1.29, 1.82) is 0 Å². The van der Waals surface area contributed by atoms with Crippen molar-refractivity contribution in [2.75, 3.05) is 10.6 Å². The number of nitrogens with one attached hydrogen (secondary N) is 2. The minimum atomic E-state index is -0.796. The van der Waals surface area contributed by atoms with Gasteiger partial charge >= 0.3 is 11.8 Å². The van der Waals surface area contributed by atoms with Crippen molar-refractivity contribution in [2.24, 2.45) is 0 Å². The number of aromatic nitrogens is 1. The summed E-state index contributed by atoms with van der Waals surface area (Å²) in [5.74, 6) is -1.55. The van der Waals surface area contributed by atoms with Crippen molar-refractivity contribution in [3.63, 3.8) is 0 Å². The molecule has 1 heterocycles. The Morgan fingerprint density at radius 3 is 2.33 bits per heavy atom. The van der Waals surface area contributed by atoms with Crippen LogP contribution in [0.3, 0.4) is 0 Å². The minimum Gasteiger partial charge on any atom is -0.318 e. The Kier molecular flexibility index (Phi) is 4.90. The fraction of sp³-hybridized carbons (Fsp3) is 0.133. The third-order valence-corrected chi connectivity index (χ3v) is 3.16. The van der Waals surface area contributed by atoms with Gasteiger partial charge in [-0.25, -0.2) is 4.98 Å². The largest absolute Gasteiger partial charge is 0.318 e. The molecule has 0 spiro atoms. The molecule has 5 nitrogen and oxygen atoms in total. The molecule has 0 saturated carbocycles. The second kappa shape index (κ2) is 6.85. The lowest BCUT2D eigenvalue weighted by atomic mass is 10.1. The van der Waals surface area contributed by atoms with Gasteiger partial charge in [-0.2, -0.15) is 0 Å². The molecular weight excluding hydrogens is 290 g/mol. The number of benzene rings is 1. The molecule has 6 heteroatoms. The van der Waals surface area contributed by atoms with Crippen LogP contribution in [0.2, 0.25) is 5.15 Å². The number of nitrogens with zero attached hydrogens (tertiary/aromatic N) is 1. The lowest BCUT2D eigenvalue weighted by Crippen LogP contribution is -2.29. The van der Waals surface area contributed by atoms with E-state index in [1.165, 1.54) is 6.20 Å². The van der Waals surface area contributed by atoms with Gasteiger partial charge < -0.3 is 10.6 Å². The molecule has 1 aromatic heterocycles. The molecule has 108 valence electrons. The quantitative estimate of drug-likeness (QED) is 0.676. The number of aryl methyl sites for hydroxylation is 1. The summed E-state index contributed by atoms with van der Waals surface area (Å²) in [5.41, 5.74) is 1.87. The molecule has 0 bridgehead atoms. The highest BCUT2D eigenvalue weighted by molar-refractivity contribution is 6.44. The number of carbonyl (C=O) groups excluding carboxylic acids is 2. The Balaban J connectivity index is 2.07. The zero-order valence-electron chi connectivity index (χ0n) is 11.4. The molecule has 0 unspecified atom stereocenters. The van der Waals surface area contributed by atoms with Crippen molar-refractivity contribution in [2.45, 2.75) is 13.3 Å². The first-order valence-electron chi connectivity index (χ1n) is 6.42. The van der Waals surface area contributed by atoms with Gasteiger partial charge in [0.1, 0.15) is 0 Å². The number of para-hydroxylation sites is 1. The lowest BCUT2D eigenvalue weighted by molar-refractivity contribution is -0.133. The van der Waals surface area contributed by atoms with Gasteiger partial charge in [-0.15, -0.1) is 0 Å². The highest BCUT2D eigenvalue weighted by atomic mass is 35.5. The number of rotatable bonds is 3. The number of carbonyl (C=O) groups is 2. The third kappa shape index (κ3) is 3.79. The Morgan fingerprint density at radius 2 is 1.67 bits per heavy atom. The van der Waals surface area contributed by atoms with Crippen LogP contribution in [-0.4, -0.2) is 16.8 Å². The summed E-state index contributed by atoms with van der Waals surface area (Å²) in [6.07, 6.45) is 2.25. The number of hydrogen-bond acceptors (Lipinski definition) is 3. The summed E-state index contributed by atoms with van der Waals surface area (Å²) < 4.78 is 0. The molecule has 0 aliphatic heterocycles. The van der Waals surface area contributed by atoms with Crippen molar-refractivity contribution >= 4 is 34.8 Å². The molecule has 2 rings (SSSR count). The van der Waals surface area contributed by atoms with Crippen LogP contribution in [0.1, 0.15) is 12.5 Å². The van der Waals surface area contributed by atoms with Crippen LogP contribution in [-0.2, 0) is 16.0 Å². The number of pyridine rings is 1. The van der Waals surface area contributed by atoms with E-state index in [1.54, 1.807) is 24.3 Å². The molecule has 21 heavy (non-hydrogen) atoms. The van der Waals surface area contributed by atoms with Crippen molar-refractivity contribution < 1.29 is 9.59 Å². The van der Waals surface area contributed by atoms with E-state index in [0.29, 0.717) is 11.4 Å². The lowest BCUT2D eigenvalue weighted by Gasteiger charge is -2.10. The Hall–Kier alpha value is -2.40. The molecular formula is C15H14ClN3O2. The average molecular weight is 304 g/mol. The molecule has 2 N–H and O–H groups in total. The van der Waals surface area contributed by atoms with Crippen LogP contribution in [0.4, 0.5) is 11.4 Å². The highest BCUT2D eigenvalue weighted by Crippen LogP contribution is 2.18. The first-order chi connectivity index (χ1) is 10.1. The van der Waals surface area contributed by atoms with Crippen molar-refractivity contribution in [1.82, 2.24) is 4.98 Å². The molecule has 0 aliphatic carbocycles. The topological polar surface area (TPSA) is 71.1 Å². The van der Waals surface area contributed by atoms with E-state index < -0.39 is 11.8 Å². The summed E-state index contributed by atoms with van der Waals surface area (Å²) in [6, 6.07) is 10.5. The fourth-order valence-electron chi connectivity index (χ4n) is 1.79. The fourth-order valence-corrected chi connectivity index (χ4v) is 1.95. The molecule has 1 aromatic carbocycles. The molecule has 0 saturated heterocycles. The minimum absolute atomic E-state index is 0.132. The van der Waals surface area contributed by atoms with Crippen molar-refractivity contribution in [3.8, 4) is 0 Å². The number of halogens is 1. The summed E-state index contributed by atoms with van der Waals surface area (Å²) in [4.78, 5) is 27.6. The SMILES string of the molecule is CCc1ccccc1NC(=O)C(=O)Nc1cccnc1Cl. The Morgan fingerprint density at radius 1 is 1.05 bits per heavy atom. The molecule has 0 atom stereocenters. The van der Waals surface area contributed by atoms with Crippen LogP contribution in [0.25, 0.3) is 0 Å². The van der Waals surface area contributed by atoms with Gasteiger partial charge in [-0.1, -0.05) is 36.7 Å². The number of anilines is 2. The van der Waals surface area contributed by atoms with Gasteiger partial charge in [0.2, 0.25) is 0 Å². The zero-order valence-corrected chi connectivity index (χ0v) is 12.1. The number of amides is 2. The summed E-state index contributed by atoms with van der Waals surface area (Å²) in [6.45, 7) is 1.97. The van der Waals surface area contributed by atoms with Crippen LogP contribution in [0.5, 0.6) is 0 Å². The predicted molar refractivity (Wildman–Crippen MR) is 82.3 cm³/mol. The van der Waals surface area contributed by atoms with E-state index in [-0.39, 0.29) is 5.15 Å². The van der Waals surface area contributed by atoms with Crippen LogP contribution >= 0.6 is 11.6 Å². The smallest absolute Gasteiger partial charge is 0.314 e. The van der Waals surface area contributed by atoms with E-state index in [0.717, 1.165) is 12.0 Å². The monoisotopic (exact) mass is 303 g/mol. The van der Waals surface area contributed by atoms with Gasteiger partial charge in [-0.05, 0) is 30.2 Å². The number of hydrogen-bond donors (Lipinski definition) is 2. The van der Waals surface area contributed by atoms with E-state index in [2.05, 4.69) is 15.6 Å². The highest BCUT2D eigenvalue weighted by Gasteiger charge is 2.16. The Bertz CT molecular complexity index is 673. The van der Waals surface area contributed by atoms with Gasteiger partial charge in [-0.3, -0.25) is 9.59 Å². The summed E-state index contributed by atoms with van der Waals surface area (Å²) >= 11 is 5.82. The summed E-state index contributed by atoms with van der Waals surface area (Å²) in [7, 11) is 0. The second-order valence-electron chi connectivity index (χ2n) is 4.26. The van der Waals surface area contributed by atoms with Gasteiger partial charge in [0.25, 0.3) is 0 Å². The van der Waals surface area contributed by atoms with Crippen LogP contribution < -0.4 is 10.6 Å². The zero-order chi connectivity index (χ0) is 15.2. The average Bonchev–Trinajstić information content (AvgIpc) is 2.50. The van der Waals surface area contributed by atoms with Crippen LogP contribution in [0.15, 0.2) is 42.6 Å². The van der Waals surface area contributed by atoms with Gasteiger partial charge in [0.15, 0.2) is 5.15 Å². The second-order valence-corrected chi connectivity index (χ2v) is 4.62. The van der Waals surface area contributed by atoms with Gasteiger partial charge in [0.05, 0.1) is 5.69 Å². The Labute approximate surface area is 127 Å². The summed E-state index contributed by atoms with van der Waals surface area (Å²) in [5, 5.41) is 5.14. The maximum absolute atomic E-state index is 11.9.